The molecule has 1 amide bonds. The average Bonchev–Trinajstić information content (AvgIpc) is 2.29. The molecule has 0 atom stereocenters. The van der Waals surface area contributed by atoms with E-state index in [2.05, 4.69) is 21.2 Å². The van der Waals surface area contributed by atoms with Gasteiger partial charge in [-0.05, 0) is 48.0 Å². The summed E-state index contributed by atoms with van der Waals surface area (Å²) < 4.78 is 28.0. The van der Waals surface area contributed by atoms with E-state index in [9.17, 15) is 13.2 Å². The molecule has 0 spiro atoms. The second kappa shape index (κ2) is 6.21. The molecule has 1 aromatic rings. The van der Waals surface area contributed by atoms with Gasteiger partial charge in [0.15, 0.2) is 0 Å². The number of methoxy groups -OCH3 is 1. The minimum absolute atomic E-state index is 0.0282. The molecular formula is C12H17BrN2O4S. The number of hydrogen-bond acceptors (Lipinski definition) is 4. The summed E-state index contributed by atoms with van der Waals surface area (Å²) in [6.07, 6.45) is 0.173. The topological polar surface area (TPSA) is 98.5 Å². The van der Waals surface area contributed by atoms with Gasteiger partial charge in [0.2, 0.25) is 15.9 Å². The number of carbonyl (C=O) groups excluding carboxylic acids is 1. The van der Waals surface area contributed by atoms with Crippen molar-refractivity contribution >= 4 is 37.5 Å². The van der Waals surface area contributed by atoms with Gasteiger partial charge in [-0.25, -0.2) is 13.6 Å². The molecule has 112 valence electrons. The van der Waals surface area contributed by atoms with E-state index in [4.69, 9.17) is 9.88 Å². The van der Waals surface area contributed by atoms with Gasteiger partial charge in [0.1, 0.15) is 0 Å². The molecule has 0 aliphatic heterocycles. The van der Waals surface area contributed by atoms with Gasteiger partial charge in [-0.15, -0.1) is 0 Å². The summed E-state index contributed by atoms with van der Waals surface area (Å²) in [6, 6.07) is 4.14. The van der Waals surface area contributed by atoms with E-state index in [0.29, 0.717) is 10.2 Å². The maximum absolute atomic E-state index is 11.9. The third-order valence-electron chi connectivity index (χ3n) is 2.68. The number of halogens is 1. The molecule has 8 heteroatoms. The number of amides is 1. The van der Waals surface area contributed by atoms with Crippen LogP contribution in [0.3, 0.4) is 0 Å². The molecule has 0 heterocycles. The Morgan fingerprint density at radius 1 is 1.45 bits per heavy atom. The van der Waals surface area contributed by atoms with E-state index in [1.54, 1.807) is 13.8 Å². The van der Waals surface area contributed by atoms with Crippen molar-refractivity contribution in [3.8, 4) is 0 Å². The fourth-order valence-electron chi connectivity index (χ4n) is 1.43. The van der Waals surface area contributed by atoms with Crippen LogP contribution < -0.4 is 10.5 Å². The summed E-state index contributed by atoms with van der Waals surface area (Å²) >= 11 is 3.20. The highest BCUT2D eigenvalue weighted by Gasteiger charge is 2.21. The van der Waals surface area contributed by atoms with Gasteiger partial charge < -0.3 is 10.1 Å². The highest BCUT2D eigenvalue weighted by Crippen LogP contribution is 2.26. The lowest BCUT2D eigenvalue weighted by Crippen LogP contribution is -2.29. The summed E-state index contributed by atoms with van der Waals surface area (Å²) in [4.78, 5) is 11.8. The molecule has 3 N–H and O–H groups in total. The first-order valence-corrected chi connectivity index (χ1v) is 8.06. The number of nitrogens with one attached hydrogen (secondary N) is 1. The molecule has 6 nitrogen and oxygen atoms in total. The number of nitrogens with two attached hydrogens (primary N) is 1. The van der Waals surface area contributed by atoms with Crippen LogP contribution in [0.15, 0.2) is 27.6 Å². The van der Waals surface area contributed by atoms with Gasteiger partial charge in [-0.1, -0.05) is 0 Å². The van der Waals surface area contributed by atoms with Crippen LogP contribution in [0.2, 0.25) is 0 Å². The predicted octanol–water partition coefficient (Wildman–Crippen LogP) is 1.85. The summed E-state index contributed by atoms with van der Waals surface area (Å²) in [6.45, 7) is 3.59. The lowest BCUT2D eigenvalue weighted by Gasteiger charge is -2.22. The smallest absolute Gasteiger partial charge is 0.238 e. The van der Waals surface area contributed by atoms with E-state index in [1.807, 2.05) is 0 Å². The molecule has 0 aromatic heterocycles. The lowest BCUT2D eigenvalue weighted by atomic mass is 10.0. The predicted molar refractivity (Wildman–Crippen MR) is 79.8 cm³/mol. The maximum atomic E-state index is 11.9. The Kier molecular flexibility index (Phi) is 5.31. The molecule has 1 rings (SSSR count). The molecule has 0 saturated heterocycles. The molecule has 0 radical (unpaired) electrons. The van der Waals surface area contributed by atoms with Crippen molar-refractivity contribution in [3.63, 3.8) is 0 Å². The van der Waals surface area contributed by atoms with Crippen molar-refractivity contribution in [2.75, 3.05) is 12.4 Å². The zero-order chi connectivity index (χ0) is 15.6. The second-order valence-corrected chi connectivity index (χ2v) is 7.29. The highest BCUT2D eigenvalue weighted by atomic mass is 79.9. The lowest BCUT2D eigenvalue weighted by molar-refractivity contribution is -0.121. The Labute approximate surface area is 126 Å². The van der Waals surface area contributed by atoms with E-state index in [-0.39, 0.29) is 17.2 Å². The van der Waals surface area contributed by atoms with Crippen molar-refractivity contribution in [1.29, 1.82) is 0 Å². The van der Waals surface area contributed by atoms with Crippen LogP contribution >= 0.6 is 15.9 Å². The first-order valence-electron chi connectivity index (χ1n) is 5.72. The summed E-state index contributed by atoms with van der Waals surface area (Å²) in [7, 11) is -2.23. The van der Waals surface area contributed by atoms with Gasteiger partial charge in [0, 0.05) is 11.6 Å². The minimum Gasteiger partial charge on any atom is -0.378 e. The number of benzene rings is 1. The SMILES string of the molecule is COC(C)(C)CC(=O)Nc1ccc(S(N)(=O)=O)cc1Br. The Bertz CT molecular complexity index is 614. The van der Waals surface area contributed by atoms with Crippen LogP contribution in [0, 0.1) is 0 Å². The number of anilines is 1. The highest BCUT2D eigenvalue weighted by molar-refractivity contribution is 9.10. The third-order valence-corrected chi connectivity index (χ3v) is 4.25. The van der Waals surface area contributed by atoms with Crippen molar-refractivity contribution in [1.82, 2.24) is 0 Å². The van der Waals surface area contributed by atoms with Gasteiger partial charge in [0.25, 0.3) is 0 Å². The first-order chi connectivity index (χ1) is 9.05. The minimum atomic E-state index is -3.77. The molecule has 0 fully saturated rings. The van der Waals surface area contributed by atoms with Crippen molar-refractivity contribution < 1.29 is 17.9 Å². The Morgan fingerprint density at radius 2 is 2.05 bits per heavy atom. The maximum Gasteiger partial charge on any atom is 0.238 e. The number of carbonyl (C=O) groups is 1. The molecule has 0 aliphatic rings. The Morgan fingerprint density at radius 3 is 2.50 bits per heavy atom. The number of hydrogen-bond donors (Lipinski definition) is 2. The molecule has 20 heavy (non-hydrogen) atoms. The normalized spacial score (nSPS) is 12.2. The van der Waals surface area contributed by atoms with Crippen molar-refractivity contribution in [3.05, 3.63) is 22.7 Å². The zero-order valence-electron chi connectivity index (χ0n) is 11.4. The van der Waals surface area contributed by atoms with Crippen LogP contribution in [-0.2, 0) is 19.6 Å². The fraction of sp³-hybridized carbons (Fsp3) is 0.417. The first kappa shape index (κ1) is 17.1. The van der Waals surface area contributed by atoms with Crippen molar-refractivity contribution in [2.24, 2.45) is 5.14 Å². The van der Waals surface area contributed by atoms with Gasteiger partial charge in [0.05, 0.1) is 22.6 Å². The summed E-state index contributed by atoms with van der Waals surface area (Å²) in [5, 5.41) is 7.70. The Hall–Kier alpha value is -0.960. The number of rotatable bonds is 5. The second-order valence-electron chi connectivity index (χ2n) is 4.88. The third kappa shape index (κ3) is 4.86. The van der Waals surface area contributed by atoms with Crippen molar-refractivity contribution in [2.45, 2.75) is 30.8 Å². The van der Waals surface area contributed by atoms with Crippen LogP contribution in [-0.4, -0.2) is 27.0 Å². The molecule has 0 unspecified atom stereocenters. The van der Waals surface area contributed by atoms with Gasteiger partial charge in [-0.2, -0.15) is 0 Å². The molecule has 0 aliphatic carbocycles. The van der Waals surface area contributed by atoms with Crippen LogP contribution in [0.25, 0.3) is 0 Å². The van der Waals surface area contributed by atoms with Crippen LogP contribution in [0.1, 0.15) is 20.3 Å². The standard InChI is InChI=1S/C12H17BrN2O4S/c1-12(2,19-3)7-11(16)15-10-5-4-8(6-9(10)13)20(14,17)18/h4-6H,7H2,1-3H3,(H,15,16)(H2,14,17,18). The number of primary sulfonamides is 1. The quantitative estimate of drug-likeness (QED) is 0.832. The van der Waals surface area contributed by atoms with Gasteiger partial charge >= 0.3 is 0 Å². The molecule has 0 saturated carbocycles. The van der Waals surface area contributed by atoms with Crippen LogP contribution in [0.4, 0.5) is 5.69 Å². The van der Waals surface area contributed by atoms with Crippen LogP contribution in [0.5, 0.6) is 0 Å². The number of ether oxygens (including phenoxy) is 1. The van der Waals surface area contributed by atoms with E-state index < -0.39 is 15.6 Å². The summed E-state index contributed by atoms with van der Waals surface area (Å²) in [5.74, 6) is -0.235. The number of sulfonamides is 1. The molecule has 0 bridgehead atoms. The molecular weight excluding hydrogens is 348 g/mol. The zero-order valence-corrected chi connectivity index (χ0v) is 13.8. The van der Waals surface area contributed by atoms with E-state index >= 15 is 0 Å². The van der Waals surface area contributed by atoms with E-state index in [0.717, 1.165) is 0 Å². The average molecular weight is 365 g/mol. The summed E-state index contributed by atoms with van der Waals surface area (Å²) in [5.41, 5.74) is -0.105. The fourth-order valence-corrected chi connectivity index (χ4v) is 2.60. The largest absolute Gasteiger partial charge is 0.378 e. The van der Waals surface area contributed by atoms with E-state index in [1.165, 1.54) is 25.3 Å². The molecule has 1 aromatic carbocycles. The monoisotopic (exact) mass is 364 g/mol. The Balaban J connectivity index is 2.87. The van der Waals surface area contributed by atoms with Gasteiger partial charge in [-0.3, -0.25) is 4.79 Å².